The summed E-state index contributed by atoms with van der Waals surface area (Å²) in [6, 6.07) is 4.72. The largest absolute Gasteiger partial charge is 0.495 e. The number of nitrogens with one attached hydrogen (secondary N) is 1. The van der Waals surface area contributed by atoms with Gasteiger partial charge in [0.1, 0.15) is 5.82 Å². The van der Waals surface area contributed by atoms with E-state index in [0.29, 0.717) is 6.54 Å². The van der Waals surface area contributed by atoms with Crippen LogP contribution in [-0.2, 0) is 15.9 Å². The molecule has 0 aromatic heterocycles. The van der Waals surface area contributed by atoms with Gasteiger partial charge in [-0.3, -0.25) is 0 Å². The molecule has 0 spiro atoms. The molecule has 0 radical (unpaired) electrons. The van der Waals surface area contributed by atoms with Crippen molar-refractivity contribution in [2.45, 2.75) is 45.4 Å². The van der Waals surface area contributed by atoms with Gasteiger partial charge in [0.05, 0.1) is 11.2 Å². The van der Waals surface area contributed by atoms with Crippen LogP contribution < -0.4 is 10.8 Å². The van der Waals surface area contributed by atoms with Crippen LogP contribution in [0.1, 0.15) is 33.3 Å². The zero-order valence-corrected chi connectivity index (χ0v) is 12.2. The van der Waals surface area contributed by atoms with Gasteiger partial charge in [-0.2, -0.15) is 0 Å². The first-order chi connectivity index (χ1) is 8.77. The molecule has 1 aliphatic heterocycles. The van der Waals surface area contributed by atoms with E-state index in [9.17, 15) is 4.39 Å². The van der Waals surface area contributed by atoms with E-state index in [1.54, 1.807) is 6.07 Å². The lowest BCUT2D eigenvalue weighted by molar-refractivity contribution is 0.00578. The molecule has 2 rings (SSSR count). The summed E-state index contributed by atoms with van der Waals surface area (Å²) >= 11 is 0. The van der Waals surface area contributed by atoms with E-state index in [2.05, 4.69) is 5.32 Å². The van der Waals surface area contributed by atoms with Crippen LogP contribution in [0.4, 0.5) is 4.39 Å². The van der Waals surface area contributed by atoms with Crippen LogP contribution in [0.5, 0.6) is 0 Å². The highest BCUT2D eigenvalue weighted by atomic mass is 19.1. The van der Waals surface area contributed by atoms with Gasteiger partial charge < -0.3 is 14.6 Å². The second kappa shape index (κ2) is 4.89. The molecule has 1 aliphatic rings. The van der Waals surface area contributed by atoms with Crippen molar-refractivity contribution in [3.05, 3.63) is 29.6 Å². The van der Waals surface area contributed by atoms with Gasteiger partial charge in [-0.25, -0.2) is 4.39 Å². The van der Waals surface area contributed by atoms with Crippen LogP contribution in [0.3, 0.4) is 0 Å². The van der Waals surface area contributed by atoms with Crippen molar-refractivity contribution in [1.82, 2.24) is 5.32 Å². The first-order valence-electron chi connectivity index (χ1n) is 6.55. The molecule has 1 aromatic carbocycles. The molecular formula is C14H21BFNO2. The second-order valence-electron chi connectivity index (χ2n) is 5.96. The molecule has 3 nitrogen and oxygen atoms in total. The maximum atomic E-state index is 13.5. The van der Waals surface area contributed by atoms with Crippen molar-refractivity contribution in [2.24, 2.45) is 0 Å². The van der Waals surface area contributed by atoms with E-state index in [1.165, 1.54) is 12.1 Å². The first-order valence-corrected chi connectivity index (χ1v) is 6.55. The highest BCUT2D eigenvalue weighted by molar-refractivity contribution is 6.62. The molecule has 0 saturated carbocycles. The number of benzene rings is 1. The van der Waals surface area contributed by atoms with Crippen molar-refractivity contribution in [2.75, 3.05) is 7.05 Å². The van der Waals surface area contributed by atoms with Crippen LogP contribution in [0.2, 0.25) is 0 Å². The summed E-state index contributed by atoms with van der Waals surface area (Å²) in [5.74, 6) is -0.274. The Bertz CT molecular complexity index is 461. The quantitative estimate of drug-likeness (QED) is 0.846. The van der Waals surface area contributed by atoms with Gasteiger partial charge in [-0.15, -0.1) is 0 Å². The summed E-state index contributed by atoms with van der Waals surface area (Å²) in [5.41, 5.74) is 0.914. The summed E-state index contributed by atoms with van der Waals surface area (Å²) < 4.78 is 25.4. The molecule has 0 amide bonds. The lowest BCUT2D eigenvalue weighted by Gasteiger charge is -2.32. The topological polar surface area (TPSA) is 30.5 Å². The highest BCUT2D eigenvalue weighted by Gasteiger charge is 2.52. The Hall–Kier alpha value is -0.905. The lowest BCUT2D eigenvalue weighted by atomic mass is 9.76. The fraction of sp³-hybridized carbons (Fsp3) is 0.571. The van der Waals surface area contributed by atoms with Crippen molar-refractivity contribution in [3.8, 4) is 0 Å². The lowest BCUT2D eigenvalue weighted by Crippen LogP contribution is -2.41. The zero-order valence-electron chi connectivity index (χ0n) is 12.2. The van der Waals surface area contributed by atoms with Gasteiger partial charge in [-0.05, 0) is 57.9 Å². The minimum atomic E-state index is -0.524. The fourth-order valence-corrected chi connectivity index (χ4v) is 2.11. The molecule has 0 unspecified atom stereocenters. The van der Waals surface area contributed by atoms with E-state index in [0.717, 1.165) is 11.0 Å². The summed E-state index contributed by atoms with van der Waals surface area (Å²) in [6.07, 6.45) is 0. The summed E-state index contributed by atoms with van der Waals surface area (Å²) in [4.78, 5) is 0. The minimum absolute atomic E-state index is 0.274. The third-order valence-corrected chi connectivity index (χ3v) is 3.98. The SMILES string of the molecule is CNCc1ccc(F)cc1B1OC(C)(C)C(C)(C)O1. The second-order valence-corrected chi connectivity index (χ2v) is 5.96. The fourth-order valence-electron chi connectivity index (χ4n) is 2.11. The normalized spacial score (nSPS) is 20.8. The average molecular weight is 265 g/mol. The van der Waals surface area contributed by atoms with Gasteiger partial charge in [0.2, 0.25) is 0 Å². The standard InChI is InChI=1S/C14H21BFNO2/c1-13(2)14(3,4)19-15(18-13)12-8-11(16)7-6-10(12)9-17-5/h6-8,17H,9H2,1-5H3. The van der Waals surface area contributed by atoms with Gasteiger partial charge >= 0.3 is 7.12 Å². The molecule has 0 atom stereocenters. The van der Waals surface area contributed by atoms with Gasteiger partial charge in [0.15, 0.2) is 0 Å². The van der Waals surface area contributed by atoms with Crippen molar-refractivity contribution in [1.29, 1.82) is 0 Å². The molecule has 104 valence electrons. The average Bonchev–Trinajstić information content (AvgIpc) is 2.51. The van der Waals surface area contributed by atoms with Gasteiger partial charge in [0, 0.05) is 6.54 Å². The molecule has 5 heteroatoms. The Labute approximate surface area is 114 Å². The van der Waals surface area contributed by atoms with E-state index in [-0.39, 0.29) is 5.82 Å². The summed E-state index contributed by atoms with van der Waals surface area (Å²) in [6.45, 7) is 8.61. The number of hydrogen-bond acceptors (Lipinski definition) is 3. The first kappa shape index (κ1) is 14.5. The Morgan fingerprint density at radius 1 is 1.16 bits per heavy atom. The zero-order chi connectivity index (χ0) is 14.3. The van der Waals surface area contributed by atoms with Crippen molar-refractivity contribution in [3.63, 3.8) is 0 Å². The van der Waals surface area contributed by atoms with Gasteiger partial charge in [-0.1, -0.05) is 6.07 Å². The number of halogens is 1. The third-order valence-electron chi connectivity index (χ3n) is 3.98. The van der Waals surface area contributed by atoms with E-state index < -0.39 is 18.3 Å². The van der Waals surface area contributed by atoms with Crippen LogP contribution in [0, 0.1) is 5.82 Å². The molecule has 0 bridgehead atoms. The summed E-state index contributed by atoms with van der Waals surface area (Å²) in [7, 11) is 1.33. The Kier molecular flexibility index (Phi) is 3.73. The number of rotatable bonds is 3. The maximum Gasteiger partial charge on any atom is 0.495 e. The Morgan fingerprint density at radius 3 is 2.26 bits per heavy atom. The molecule has 1 heterocycles. The van der Waals surface area contributed by atoms with Crippen molar-refractivity contribution < 1.29 is 13.7 Å². The van der Waals surface area contributed by atoms with Crippen LogP contribution in [-0.4, -0.2) is 25.4 Å². The maximum absolute atomic E-state index is 13.5. The molecular weight excluding hydrogens is 244 g/mol. The van der Waals surface area contributed by atoms with Crippen LogP contribution in [0.25, 0.3) is 0 Å². The van der Waals surface area contributed by atoms with E-state index in [4.69, 9.17) is 9.31 Å². The van der Waals surface area contributed by atoms with Crippen molar-refractivity contribution >= 4 is 12.6 Å². The molecule has 19 heavy (non-hydrogen) atoms. The van der Waals surface area contributed by atoms with E-state index >= 15 is 0 Å². The van der Waals surface area contributed by atoms with Crippen LogP contribution >= 0.6 is 0 Å². The molecule has 1 aromatic rings. The predicted molar refractivity (Wildman–Crippen MR) is 74.9 cm³/mol. The Morgan fingerprint density at radius 2 is 1.74 bits per heavy atom. The molecule has 1 saturated heterocycles. The highest BCUT2D eigenvalue weighted by Crippen LogP contribution is 2.36. The molecule has 1 N–H and O–H groups in total. The van der Waals surface area contributed by atoms with Crippen LogP contribution in [0.15, 0.2) is 18.2 Å². The summed E-state index contributed by atoms with van der Waals surface area (Å²) in [5, 5.41) is 3.08. The van der Waals surface area contributed by atoms with E-state index in [1.807, 2.05) is 34.7 Å². The minimum Gasteiger partial charge on any atom is -0.399 e. The molecule has 0 aliphatic carbocycles. The molecule has 1 fully saturated rings. The Balaban J connectivity index is 2.35. The predicted octanol–water partition coefficient (Wildman–Crippen LogP) is 1.84. The smallest absolute Gasteiger partial charge is 0.399 e. The number of hydrogen-bond donors (Lipinski definition) is 1. The van der Waals surface area contributed by atoms with Gasteiger partial charge in [0.25, 0.3) is 0 Å². The third kappa shape index (κ3) is 2.68. The monoisotopic (exact) mass is 265 g/mol.